The fraction of sp³-hybridized carbons (Fsp3) is 0.294. The van der Waals surface area contributed by atoms with Crippen LogP contribution in [0.15, 0.2) is 46.9 Å². The summed E-state index contributed by atoms with van der Waals surface area (Å²) in [6.07, 6.45) is 0. The fourth-order valence-corrected chi connectivity index (χ4v) is 2.46. The van der Waals surface area contributed by atoms with Crippen molar-refractivity contribution in [3.63, 3.8) is 0 Å². The highest BCUT2D eigenvalue weighted by molar-refractivity contribution is 9.10. The number of rotatable bonds is 2. The molecule has 0 aliphatic carbocycles. The Balaban J connectivity index is 2.31. The highest BCUT2D eigenvalue weighted by Gasteiger charge is 2.16. The van der Waals surface area contributed by atoms with E-state index in [1.165, 1.54) is 11.6 Å². The van der Waals surface area contributed by atoms with Crippen LogP contribution in [0.1, 0.15) is 43.5 Å². The van der Waals surface area contributed by atoms with Crippen LogP contribution in [-0.4, -0.2) is 0 Å². The molecule has 2 aromatic carbocycles. The number of benzene rings is 2. The van der Waals surface area contributed by atoms with E-state index in [1.807, 2.05) is 18.2 Å². The number of hydrogen-bond acceptors (Lipinski definition) is 1. The number of halogens is 2. The van der Waals surface area contributed by atoms with Gasteiger partial charge < -0.3 is 5.73 Å². The highest BCUT2D eigenvalue weighted by atomic mass is 79.9. The van der Waals surface area contributed by atoms with Gasteiger partial charge in [0.05, 0.1) is 6.04 Å². The van der Waals surface area contributed by atoms with E-state index in [2.05, 4.69) is 48.8 Å². The Hall–Kier alpha value is -1.19. The lowest BCUT2D eigenvalue weighted by molar-refractivity contribution is 0.588. The predicted molar refractivity (Wildman–Crippen MR) is 85.3 cm³/mol. The van der Waals surface area contributed by atoms with Gasteiger partial charge in [0.15, 0.2) is 0 Å². The summed E-state index contributed by atoms with van der Waals surface area (Å²) in [5, 5.41) is 0. The molecule has 1 nitrogen and oxygen atoms in total. The first kappa shape index (κ1) is 15.2. The first-order valence-corrected chi connectivity index (χ1v) is 7.39. The molecule has 1 unspecified atom stereocenters. The molecular formula is C17H19BrFN. The average Bonchev–Trinajstić information content (AvgIpc) is 2.37. The number of hydrogen-bond donors (Lipinski definition) is 1. The largest absolute Gasteiger partial charge is 0.320 e. The molecule has 2 N–H and O–H groups in total. The smallest absolute Gasteiger partial charge is 0.129 e. The van der Waals surface area contributed by atoms with Gasteiger partial charge in [-0.3, -0.25) is 0 Å². The summed E-state index contributed by atoms with van der Waals surface area (Å²) in [5.41, 5.74) is 8.94. The lowest BCUT2D eigenvalue weighted by atomic mass is 9.86. The molecule has 0 aliphatic heterocycles. The topological polar surface area (TPSA) is 26.0 Å². The third-order valence-electron chi connectivity index (χ3n) is 3.43. The quantitative estimate of drug-likeness (QED) is 0.826. The second kappa shape index (κ2) is 5.66. The molecule has 0 saturated carbocycles. The van der Waals surface area contributed by atoms with Crippen molar-refractivity contribution in [1.29, 1.82) is 0 Å². The summed E-state index contributed by atoms with van der Waals surface area (Å²) in [5.74, 6) is -0.285. The van der Waals surface area contributed by atoms with Crippen molar-refractivity contribution in [1.82, 2.24) is 0 Å². The van der Waals surface area contributed by atoms with Gasteiger partial charge in [0, 0.05) is 10.0 Å². The molecule has 0 saturated heterocycles. The van der Waals surface area contributed by atoms with Crippen LogP contribution < -0.4 is 5.73 Å². The minimum Gasteiger partial charge on any atom is -0.320 e. The van der Waals surface area contributed by atoms with Gasteiger partial charge >= 0.3 is 0 Å². The first-order valence-electron chi connectivity index (χ1n) is 6.60. The zero-order valence-electron chi connectivity index (χ0n) is 12.0. The van der Waals surface area contributed by atoms with E-state index < -0.39 is 6.04 Å². The summed E-state index contributed by atoms with van der Waals surface area (Å²) >= 11 is 3.25. The van der Waals surface area contributed by atoms with Crippen molar-refractivity contribution < 1.29 is 4.39 Å². The minimum atomic E-state index is -0.447. The third kappa shape index (κ3) is 3.28. The number of nitrogens with two attached hydrogens (primary N) is 1. The van der Waals surface area contributed by atoms with Gasteiger partial charge in [0.25, 0.3) is 0 Å². The first-order chi connectivity index (χ1) is 9.29. The highest BCUT2D eigenvalue weighted by Crippen LogP contribution is 2.27. The molecule has 0 aliphatic rings. The molecule has 2 rings (SSSR count). The van der Waals surface area contributed by atoms with Gasteiger partial charge in [-0.2, -0.15) is 0 Å². The molecule has 3 heteroatoms. The summed E-state index contributed by atoms with van der Waals surface area (Å²) in [7, 11) is 0. The lowest BCUT2D eigenvalue weighted by Gasteiger charge is -2.20. The van der Waals surface area contributed by atoms with E-state index in [4.69, 9.17) is 5.73 Å². The monoisotopic (exact) mass is 335 g/mol. The van der Waals surface area contributed by atoms with E-state index >= 15 is 0 Å². The fourth-order valence-electron chi connectivity index (χ4n) is 2.12. The van der Waals surface area contributed by atoms with Gasteiger partial charge in [0.1, 0.15) is 5.82 Å². The predicted octanol–water partition coefficient (Wildman–Crippen LogP) is 4.93. The van der Waals surface area contributed by atoms with E-state index in [0.29, 0.717) is 10.0 Å². The Labute approximate surface area is 128 Å². The lowest BCUT2D eigenvalue weighted by Crippen LogP contribution is -2.15. The van der Waals surface area contributed by atoms with Crippen LogP contribution >= 0.6 is 15.9 Å². The van der Waals surface area contributed by atoms with Gasteiger partial charge in [-0.05, 0) is 28.7 Å². The maximum atomic E-state index is 13.9. The zero-order valence-corrected chi connectivity index (χ0v) is 13.5. The average molecular weight is 336 g/mol. The normalized spacial score (nSPS) is 13.3. The van der Waals surface area contributed by atoms with Gasteiger partial charge in [-0.25, -0.2) is 4.39 Å². The molecule has 0 radical (unpaired) electrons. The standard InChI is InChI=1S/C17H19BrFN/c1-17(2,3)12-6-4-11(5-7-12)16(20)14-9-8-13(18)10-15(14)19/h4-10,16H,20H2,1-3H3. The minimum absolute atomic E-state index is 0.103. The van der Waals surface area contributed by atoms with Crippen molar-refractivity contribution >= 4 is 15.9 Å². The molecule has 0 spiro atoms. The van der Waals surface area contributed by atoms with E-state index in [-0.39, 0.29) is 11.2 Å². The zero-order chi connectivity index (χ0) is 14.9. The summed E-state index contributed by atoms with van der Waals surface area (Å²) < 4.78 is 14.7. The van der Waals surface area contributed by atoms with E-state index in [1.54, 1.807) is 6.07 Å². The Morgan fingerprint density at radius 1 is 1.05 bits per heavy atom. The van der Waals surface area contributed by atoms with Crippen molar-refractivity contribution in [2.45, 2.75) is 32.2 Å². The van der Waals surface area contributed by atoms with Crippen LogP contribution in [0.3, 0.4) is 0 Å². The summed E-state index contributed by atoms with van der Waals surface area (Å²) in [6, 6.07) is 12.6. The van der Waals surface area contributed by atoms with Crippen LogP contribution in [0.4, 0.5) is 4.39 Å². The molecule has 0 fully saturated rings. The van der Waals surface area contributed by atoms with Crippen LogP contribution in [0.2, 0.25) is 0 Å². The molecule has 0 aromatic heterocycles. The maximum absolute atomic E-state index is 13.9. The molecule has 106 valence electrons. The maximum Gasteiger partial charge on any atom is 0.129 e. The third-order valence-corrected chi connectivity index (χ3v) is 3.93. The summed E-state index contributed by atoms with van der Waals surface area (Å²) in [6.45, 7) is 6.49. The van der Waals surface area contributed by atoms with Crippen molar-refractivity contribution in [3.8, 4) is 0 Å². The molecule has 2 aromatic rings. The molecule has 0 bridgehead atoms. The van der Waals surface area contributed by atoms with Gasteiger partial charge in [-0.15, -0.1) is 0 Å². The molecule has 1 atom stereocenters. The van der Waals surface area contributed by atoms with Crippen molar-refractivity contribution in [2.75, 3.05) is 0 Å². The second-order valence-electron chi connectivity index (χ2n) is 6.02. The second-order valence-corrected chi connectivity index (χ2v) is 6.93. The van der Waals surface area contributed by atoms with Gasteiger partial charge in [-0.1, -0.05) is 67.0 Å². The van der Waals surface area contributed by atoms with Crippen molar-refractivity contribution in [3.05, 3.63) is 69.4 Å². The van der Waals surface area contributed by atoms with Crippen LogP contribution in [0.25, 0.3) is 0 Å². The van der Waals surface area contributed by atoms with E-state index in [9.17, 15) is 4.39 Å². The Morgan fingerprint density at radius 3 is 2.15 bits per heavy atom. The molecule has 0 amide bonds. The molecule has 20 heavy (non-hydrogen) atoms. The van der Waals surface area contributed by atoms with Crippen LogP contribution in [0.5, 0.6) is 0 Å². The Kier molecular flexibility index (Phi) is 4.31. The van der Waals surface area contributed by atoms with E-state index in [0.717, 1.165) is 5.56 Å². The Morgan fingerprint density at radius 2 is 1.65 bits per heavy atom. The van der Waals surface area contributed by atoms with Crippen LogP contribution in [-0.2, 0) is 5.41 Å². The molecular weight excluding hydrogens is 317 g/mol. The Bertz CT molecular complexity index is 599. The van der Waals surface area contributed by atoms with Crippen LogP contribution in [0, 0.1) is 5.82 Å². The van der Waals surface area contributed by atoms with Gasteiger partial charge in [0.2, 0.25) is 0 Å². The SMILES string of the molecule is CC(C)(C)c1ccc(C(N)c2ccc(Br)cc2F)cc1. The molecule has 0 heterocycles. The van der Waals surface area contributed by atoms with Crippen molar-refractivity contribution in [2.24, 2.45) is 5.73 Å². The summed E-state index contributed by atoms with van der Waals surface area (Å²) in [4.78, 5) is 0.